The van der Waals surface area contributed by atoms with Crippen LogP contribution in [0.1, 0.15) is 24.5 Å². The fraction of sp³-hybridized carbons (Fsp3) is 0.333. The summed E-state index contributed by atoms with van der Waals surface area (Å²) in [7, 11) is 1.68. The van der Waals surface area contributed by atoms with Crippen molar-refractivity contribution < 1.29 is 9.47 Å². The molecule has 0 unspecified atom stereocenters. The van der Waals surface area contributed by atoms with Crippen LogP contribution in [0.15, 0.2) is 48.5 Å². The maximum atomic E-state index is 5.85. The molecule has 0 aliphatic carbocycles. The Morgan fingerprint density at radius 3 is 2.48 bits per heavy atom. The van der Waals surface area contributed by atoms with E-state index >= 15 is 0 Å². The minimum absolute atomic E-state index is 0.700. The van der Waals surface area contributed by atoms with E-state index in [2.05, 4.69) is 42.6 Å². The van der Waals surface area contributed by atoms with E-state index in [1.54, 1.807) is 7.11 Å². The van der Waals surface area contributed by atoms with Gasteiger partial charge < -0.3 is 14.8 Å². The first-order valence-corrected chi connectivity index (χ1v) is 7.38. The monoisotopic (exact) mass is 285 g/mol. The molecule has 0 spiro atoms. The van der Waals surface area contributed by atoms with E-state index in [0.29, 0.717) is 6.61 Å². The zero-order valence-corrected chi connectivity index (χ0v) is 12.8. The van der Waals surface area contributed by atoms with Crippen molar-refractivity contribution in [1.82, 2.24) is 5.32 Å². The molecule has 0 bridgehead atoms. The van der Waals surface area contributed by atoms with Crippen molar-refractivity contribution in [3.8, 4) is 11.5 Å². The van der Waals surface area contributed by atoms with Crippen LogP contribution >= 0.6 is 0 Å². The Morgan fingerprint density at radius 2 is 1.76 bits per heavy atom. The molecule has 0 radical (unpaired) electrons. The third-order valence-electron chi connectivity index (χ3n) is 3.22. The van der Waals surface area contributed by atoms with E-state index in [1.807, 2.05) is 18.2 Å². The SMILES string of the molecule is CCCOc1c(CNCc2ccccc2)cccc1OC. The molecule has 2 rings (SSSR count). The van der Waals surface area contributed by atoms with Gasteiger partial charge in [-0.3, -0.25) is 0 Å². The molecule has 0 aliphatic heterocycles. The molecule has 3 nitrogen and oxygen atoms in total. The third kappa shape index (κ3) is 4.50. The molecule has 21 heavy (non-hydrogen) atoms. The molecule has 2 aromatic rings. The molecule has 0 amide bonds. The second-order valence-corrected chi connectivity index (χ2v) is 4.89. The maximum Gasteiger partial charge on any atom is 0.165 e. The molecule has 0 aromatic heterocycles. The van der Waals surface area contributed by atoms with Gasteiger partial charge in [0.05, 0.1) is 13.7 Å². The van der Waals surface area contributed by atoms with Crippen LogP contribution in [0, 0.1) is 0 Å². The Morgan fingerprint density at radius 1 is 0.952 bits per heavy atom. The highest BCUT2D eigenvalue weighted by Gasteiger charge is 2.09. The second kappa shape index (κ2) is 8.32. The Labute approximate surface area is 126 Å². The number of benzene rings is 2. The lowest BCUT2D eigenvalue weighted by atomic mass is 10.1. The summed E-state index contributed by atoms with van der Waals surface area (Å²) < 4.78 is 11.2. The van der Waals surface area contributed by atoms with Gasteiger partial charge in [0.2, 0.25) is 0 Å². The van der Waals surface area contributed by atoms with E-state index in [4.69, 9.17) is 9.47 Å². The van der Waals surface area contributed by atoms with Crippen LogP contribution in [-0.2, 0) is 13.1 Å². The van der Waals surface area contributed by atoms with Crippen molar-refractivity contribution in [2.75, 3.05) is 13.7 Å². The van der Waals surface area contributed by atoms with Gasteiger partial charge >= 0.3 is 0 Å². The molecular formula is C18H23NO2. The average molecular weight is 285 g/mol. The standard InChI is InChI=1S/C18H23NO2/c1-3-12-21-18-16(10-7-11-17(18)20-2)14-19-13-15-8-5-4-6-9-15/h4-11,19H,3,12-14H2,1-2H3. The van der Waals surface area contributed by atoms with Gasteiger partial charge in [0.1, 0.15) is 0 Å². The summed E-state index contributed by atoms with van der Waals surface area (Å²) in [6, 6.07) is 16.4. The van der Waals surface area contributed by atoms with E-state index in [-0.39, 0.29) is 0 Å². The summed E-state index contributed by atoms with van der Waals surface area (Å²) in [6.07, 6.45) is 0.981. The third-order valence-corrected chi connectivity index (χ3v) is 3.22. The zero-order valence-electron chi connectivity index (χ0n) is 12.8. The summed E-state index contributed by atoms with van der Waals surface area (Å²) in [5.74, 6) is 1.64. The highest BCUT2D eigenvalue weighted by atomic mass is 16.5. The highest BCUT2D eigenvalue weighted by molar-refractivity contribution is 5.46. The summed E-state index contributed by atoms with van der Waals surface area (Å²) in [5, 5.41) is 3.45. The quantitative estimate of drug-likeness (QED) is 0.801. The second-order valence-electron chi connectivity index (χ2n) is 4.89. The van der Waals surface area contributed by atoms with Gasteiger partial charge in [-0.2, -0.15) is 0 Å². The zero-order chi connectivity index (χ0) is 14.9. The Bertz CT molecular complexity index is 540. The first-order chi connectivity index (χ1) is 10.3. The largest absolute Gasteiger partial charge is 0.493 e. The number of methoxy groups -OCH3 is 1. The molecule has 0 saturated carbocycles. The van der Waals surface area contributed by atoms with Crippen molar-refractivity contribution in [2.45, 2.75) is 26.4 Å². The lowest BCUT2D eigenvalue weighted by Crippen LogP contribution is -2.14. The van der Waals surface area contributed by atoms with Gasteiger partial charge in [-0.25, -0.2) is 0 Å². The van der Waals surface area contributed by atoms with Crippen LogP contribution in [0.4, 0.5) is 0 Å². The lowest BCUT2D eigenvalue weighted by Gasteiger charge is -2.15. The first kappa shape index (κ1) is 15.4. The van der Waals surface area contributed by atoms with Gasteiger partial charge in [0.25, 0.3) is 0 Å². The number of hydrogen-bond acceptors (Lipinski definition) is 3. The molecule has 0 fully saturated rings. The van der Waals surface area contributed by atoms with Crippen LogP contribution in [0.25, 0.3) is 0 Å². The number of para-hydroxylation sites is 1. The molecule has 0 heterocycles. The van der Waals surface area contributed by atoms with Crippen molar-refractivity contribution in [2.24, 2.45) is 0 Å². The van der Waals surface area contributed by atoms with Crippen molar-refractivity contribution in [1.29, 1.82) is 0 Å². The van der Waals surface area contributed by atoms with E-state index in [1.165, 1.54) is 5.56 Å². The Balaban J connectivity index is 2.01. The fourth-order valence-electron chi connectivity index (χ4n) is 2.17. The van der Waals surface area contributed by atoms with Crippen LogP contribution in [0.3, 0.4) is 0 Å². The first-order valence-electron chi connectivity index (χ1n) is 7.38. The van der Waals surface area contributed by atoms with Crippen LogP contribution < -0.4 is 14.8 Å². The highest BCUT2D eigenvalue weighted by Crippen LogP contribution is 2.31. The molecule has 0 aliphatic rings. The van der Waals surface area contributed by atoms with Gasteiger partial charge in [0.15, 0.2) is 11.5 Å². The minimum atomic E-state index is 0.700. The van der Waals surface area contributed by atoms with E-state index in [9.17, 15) is 0 Å². The molecule has 1 N–H and O–H groups in total. The minimum Gasteiger partial charge on any atom is -0.493 e. The van der Waals surface area contributed by atoms with Gasteiger partial charge in [-0.15, -0.1) is 0 Å². The molecule has 2 aromatic carbocycles. The fourth-order valence-corrected chi connectivity index (χ4v) is 2.17. The number of hydrogen-bond donors (Lipinski definition) is 1. The molecule has 0 atom stereocenters. The van der Waals surface area contributed by atoms with Crippen LogP contribution in [-0.4, -0.2) is 13.7 Å². The smallest absolute Gasteiger partial charge is 0.165 e. The predicted molar refractivity (Wildman–Crippen MR) is 85.8 cm³/mol. The molecular weight excluding hydrogens is 262 g/mol. The van der Waals surface area contributed by atoms with Crippen molar-refractivity contribution in [3.63, 3.8) is 0 Å². The van der Waals surface area contributed by atoms with E-state index < -0.39 is 0 Å². The maximum absolute atomic E-state index is 5.85. The summed E-state index contributed by atoms with van der Waals surface area (Å²) in [6.45, 7) is 4.39. The van der Waals surface area contributed by atoms with Gasteiger partial charge in [-0.05, 0) is 18.1 Å². The topological polar surface area (TPSA) is 30.5 Å². The lowest BCUT2D eigenvalue weighted by molar-refractivity contribution is 0.290. The number of nitrogens with one attached hydrogen (secondary N) is 1. The predicted octanol–water partition coefficient (Wildman–Crippen LogP) is 3.77. The number of ether oxygens (including phenoxy) is 2. The summed E-state index contributed by atoms with van der Waals surface area (Å²) in [4.78, 5) is 0. The van der Waals surface area contributed by atoms with E-state index in [0.717, 1.165) is 36.6 Å². The summed E-state index contributed by atoms with van der Waals surface area (Å²) >= 11 is 0. The van der Waals surface area contributed by atoms with Crippen molar-refractivity contribution >= 4 is 0 Å². The van der Waals surface area contributed by atoms with Gasteiger partial charge in [-0.1, -0.05) is 49.4 Å². The van der Waals surface area contributed by atoms with Crippen LogP contribution in [0.2, 0.25) is 0 Å². The summed E-state index contributed by atoms with van der Waals surface area (Å²) in [5.41, 5.74) is 2.40. The Kier molecular flexibility index (Phi) is 6.10. The normalized spacial score (nSPS) is 10.4. The van der Waals surface area contributed by atoms with Crippen LogP contribution in [0.5, 0.6) is 11.5 Å². The van der Waals surface area contributed by atoms with Crippen molar-refractivity contribution in [3.05, 3.63) is 59.7 Å². The molecule has 112 valence electrons. The Hall–Kier alpha value is -2.00. The van der Waals surface area contributed by atoms with Gasteiger partial charge in [0, 0.05) is 18.7 Å². The molecule has 3 heteroatoms. The number of rotatable bonds is 8. The average Bonchev–Trinajstić information content (AvgIpc) is 2.54. The molecule has 0 saturated heterocycles.